The molecule has 1 aliphatic heterocycles. The molecule has 1 fully saturated rings. The van der Waals surface area contributed by atoms with Crippen LogP contribution in [0.5, 0.6) is 0 Å². The quantitative estimate of drug-likeness (QED) is 0.906. The number of hydrogen-bond donors (Lipinski definition) is 2. The van der Waals surface area contributed by atoms with Crippen LogP contribution in [0.3, 0.4) is 0 Å². The van der Waals surface area contributed by atoms with Gasteiger partial charge in [-0.3, -0.25) is 9.59 Å². The molecule has 2 aromatic rings. The van der Waals surface area contributed by atoms with Gasteiger partial charge in [-0.1, -0.05) is 30.3 Å². The van der Waals surface area contributed by atoms with Gasteiger partial charge in [0, 0.05) is 18.3 Å². The topological polar surface area (TPSA) is 73.4 Å². The van der Waals surface area contributed by atoms with Crippen molar-refractivity contribution in [3.8, 4) is 0 Å². The highest BCUT2D eigenvalue weighted by atomic mass is 16.3. The van der Waals surface area contributed by atoms with Crippen molar-refractivity contribution in [2.45, 2.75) is 38.3 Å². The number of amides is 1. The van der Waals surface area contributed by atoms with Crippen molar-refractivity contribution in [2.75, 3.05) is 6.54 Å². The third-order valence-corrected chi connectivity index (χ3v) is 4.60. The Morgan fingerprint density at radius 1 is 1.29 bits per heavy atom. The van der Waals surface area contributed by atoms with Crippen LogP contribution in [0.15, 0.2) is 47.3 Å². The molecule has 1 aromatic carbocycles. The first-order valence-corrected chi connectivity index (χ1v) is 8.30. The van der Waals surface area contributed by atoms with Gasteiger partial charge >= 0.3 is 0 Å². The number of aryl methyl sites for hydroxylation is 1. The average Bonchev–Trinajstić information content (AvgIpc) is 3.03. The lowest BCUT2D eigenvalue weighted by molar-refractivity contribution is 0.0665. The third kappa shape index (κ3) is 3.41. The summed E-state index contributed by atoms with van der Waals surface area (Å²) in [6.07, 6.45) is 1.61. The maximum Gasteiger partial charge on any atom is 0.260 e. The van der Waals surface area contributed by atoms with E-state index in [1.807, 2.05) is 30.3 Å². The maximum absolute atomic E-state index is 12.7. The number of aliphatic hydroxyl groups excluding tert-OH is 1. The van der Waals surface area contributed by atoms with Gasteiger partial charge in [0.2, 0.25) is 0 Å². The van der Waals surface area contributed by atoms with Crippen molar-refractivity contribution < 1.29 is 9.90 Å². The second kappa shape index (κ2) is 7.01. The van der Waals surface area contributed by atoms with Crippen LogP contribution in [0.25, 0.3) is 0 Å². The number of rotatable bonds is 4. The number of aromatic nitrogens is 1. The number of hydrogen-bond acceptors (Lipinski definition) is 3. The van der Waals surface area contributed by atoms with E-state index in [1.54, 1.807) is 24.0 Å². The van der Waals surface area contributed by atoms with E-state index >= 15 is 0 Å². The highest BCUT2D eigenvalue weighted by Gasteiger charge is 2.32. The summed E-state index contributed by atoms with van der Waals surface area (Å²) in [5.74, 6) is -0.251. The Hall–Kier alpha value is -2.40. The fourth-order valence-corrected chi connectivity index (χ4v) is 3.31. The minimum atomic E-state index is -0.610. The molecule has 5 heteroatoms. The van der Waals surface area contributed by atoms with Crippen molar-refractivity contribution in [1.82, 2.24) is 9.88 Å². The molecule has 1 aromatic heterocycles. The molecule has 24 heavy (non-hydrogen) atoms. The molecule has 0 bridgehead atoms. The number of nitrogens with zero attached hydrogens (tertiary/aromatic N) is 1. The molecule has 0 saturated carbocycles. The number of carbonyl (C=O) groups is 1. The molecule has 0 spiro atoms. The molecule has 126 valence electrons. The van der Waals surface area contributed by atoms with Crippen LogP contribution in [-0.4, -0.2) is 33.5 Å². The lowest BCUT2D eigenvalue weighted by atomic mass is 10.0. The first kappa shape index (κ1) is 16.5. The Labute approximate surface area is 140 Å². The van der Waals surface area contributed by atoms with E-state index in [4.69, 9.17) is 0 Å². The number of nitrogens with one attached hydrogen (secondary N) is 1. The molecule has 2 heterocycles. The van der Waals surface area contributed by atoms with Crippen molar-refractivity contribution in [1.29, 1.82) is 0 Å². The zero-order valence-electron chi connectivity index (χ0n) is 13.7. The Kier molecular flexibility index (Phi) is 4.81. The van der Waals surface area contributed by atoms with Gasteiger partial charge in [-0.25, -0.2) is 0 Å². The maximum atomic E-state index is 12.7. The number of carbonyl (C=O) groups excluding carboxylic acids is 1. The summed E-state index contributed by atoms with van der Waals surface area (Å²) in [6.45, 7) is 2.41. The van der Waals surface area contributed by atoms with Crippen LogP contribution in [0.1, 0.15) is 47.0 Å². The van der Waals surface area contributed by atoms with Gasteiger partial charge in [-0.2, -0.15) is 0 Å². The van der Waals surface area contributed by atoms with Gasteiger partial charge in [0.05, 0.1) is 6.10 Å². The fourth-order valence-electron chi connectivity index (χ4n) is 3.31. The summed E-state index contributed by atoms with van der Waals surface area (Å²) in [7, 11) is 0. The third-order valence-electron chi connectivity index (χ3n) is 4.60. The summed E-state index contributed by atoms with van der Waals surface area (Å²) in [4.78, 5) is 29.2. The van der Waals surface area contributed by atoms with E-state index in [9.17, 15) is 14.7 Å². The smallest absolute Gasteiger partial charge is 0.260 e. The summed E-state index contributed by atoms with van der Waals surface area (Å²) < 4.78 is 0. The summed E-state index contributed by atoms with van der Waals surface area (Å²) >= 11 is 0. The first-order chi connectivity index (χ1) is 11.6. The Balaban J connectivity index is 1.75. The van der Waals surface area contributed by atoms with E-state index in [0.717, 1.165) is 24.1 Å². The predicted octanol–water partition coefficient (Wildman–Crippen LogP) is 2.41. The summed E-state index contributed by atoms with van der Waals surface area (Å²) in [5, 5.41) is 10.4. The number of likely N-dealkylation sites (tertiary alicyclic amines) is 1. The van der Waals surface area contributed by atoms with Gasteiger partial charge in [0.1, 0.15) is 5.56 Å². The minimum absolute atomic E-state index is 0.0478. The lowest BCUT2D eigenvalue weighted by Gasteiger charge is -2.26. The molecule has 0 radical (unpaired) electrons. The SMILES string of the molecule is Cc1ccc(C(=O)N2CCCC2CC(O)c2ccccc2)c(=O)[nH]1. The minimum Gasteiger partial charge on any atom is -0.388 e. The second-order valence-corrected chi connectivity index (χ2v) is 6.34. The molecular weight excluding hydrogens is 304 g/mol. The summed E-state index contributed by atoms with van der Waals surface area (Å²) in [5.41, 5.74) is 1.40. The average molecular weight is 326 g/mol. The monoisotopic (exact) mass is 326 g/mol. The van der Waals surface area contributed by atoms with Crippen LogP contribution >= 0.6 is 0 Å². The van der Waals surface area contributed by atoms with E-state index in [-0.39, 0.29) is 23.1 Å². The highest BCUT2D eigenvalue weighted by molar-refractivity contribution is 5.94. The zero-order valence-corrected chi connectivity index (χ0v) is 13.7. The molecule has 0 aliphatic carbocycles. The van der Waals surface area contributed by atoms with E-state index in [2.05, 4.69) is 4.98 Å². The van der Waals surface area contributed by atoms with E-state index < -0.39 is 6.10 Å². The molecule has 3 rings (SSSR count). The molecule has 1 saturated heterocycles. The molecule has 5 nitrogen and oxygen atoms in total. The largest absolute Gasteiger partial charge is 0.388 e. The summed E-state index contributed by atoms with van der Waals surface area (Å²) in [6, 6.07) is 12.7. The van der Waals surface area contributed by atoms with Crippen LogP contribution in [0.4, 0.5) is 0 Å². The molecule has 2 unspecified atom stereocenters. The Morgan fingerprint density at radius 2 is 2.04 bits per heavy atom. The predicted molar refractivity (Wildman–Crippen MR) is 91.9 cm³/mol. The van der Waals surface area contributed by atoms with E-state index in [0.29, 0.717) is 13.0 Å². The van der Waals surface area contributed by atoms with Crippen LogP contribution in [0, 0.1) is 6.92 Å². The molecule has 2 N–H and O–H groups in total. The molecular formula is C19H22N2O3. The first-order valence-electron chi connectivity index (χ1n) is 8.30. The van der Waals surface area contributed by atoms with Crippen molar-refractivity contribution in [2.24, 2.45) is 0 Å². The highest BCUT2D eigenvalue weighted by Crippen LogP contribution is 2.28. The van der Waals surface area contributed by atoms with Gasteiger partial charge < -0.3 is 15.0 Å². The number of pyridine rings is 1. The molecule has 1 aliphatic rings. The fraction of sp³-hybridized carbons (Fsp3) is 0.368. The normalized spacial score (nSPS) is 18.6. The number of aromatic amines is 1. The van der Waals surface area contributed by atoms with Gasteiger partial charge in [0.15, 0.2) is 0 Å². The number of benzene rings is 1. The van der Waals surface area contributed by atoms with Gasteiger partial charge in [0.25, 0.3) is 11.5 Å². The Bertz CT molecular complexity index is 770. The Morgan fingerprint density at radius 3 is 2.75 bits per heavy atom. The standard InChI is InChI=1S/C19H22N2O3/c1-13-9-10-16(18(23)20-13)19(24)21-11-5-8-15(21)12-17(22)14-6-3-2-4-7-14/h2-4,6-7,9-10,15,17,22H,5,8,11-12H2,1H3,(H,20,23). The number of aliphatic hydroxyl groups is 1. The van der Waals surface area contributed by atoms with Gasteiger partial charge in [-0.15, -0.1) is 0 Å². The van der Waals surface area contributed by atoms with E-state index in [1.165, 1.54) is 0 Å². The van der Waals surface area contributed by atoms with Crippen molar-refractivity contribution in [3.63, 3.8) is 0 Å². The van der Waals surface area contributed by atoms with Crippen LogP contribution in [0.2, 0.25) is 0 Å². The van der Waals surface area contributed by atoms with Gasteiger partial charge in [-0.05, 0) is 43.9 Å². The second-order valence-electron chi connectivity index (χ2n) is 6.34. The van der Waals surface area contributed by atoms with Crippen molar-refractivity contribution in [3.05, 3.63) is 69.6 Å². The zero-order chi connectivity index (χ0) is 17.1. The number of H-pyrrole nitrogens is 1. The van der Waals surface area contributed by atoms with Crippen molar-refractivity contribution >= 4 is 5.91 Å². The van der Waals surface area contributed by atoms with Crippen LogP contribution in [-0.2, 0) is 0 Å². The lowest BCUT2D eigenvalue weighted by Crippen LogP contribution is -2.39. The molecule has 1 amide bonds. The molecule has 2 atom stereocenters. The van der Waals surface area contributed by atoms with Crippen LogP contribution < -0.4 is 5.56 Å².